The molecular formula is C11H23NO2. The first-order valence-corrected chi connectivity index (χ1v) is 5.50. The maximum atomic E-state index is 5.89. The number of ether oxygens (including phenoxy) is 2. The molecular weight excluding hydrogens is 178 g/mol. The van der Waals surface area contributed by atoms with Crippen molar-refractivity contribution in [1.82, 2.24) is 5.32 Å². The van der Waals surface area contributed by atoms with E-state index in [0.29, 0.717) is 5.92 Å². The second-order valence-electron chi connectivity index (χ2n) is 4.66. The summed E-state index contributed by atoms with van der Waals surface area (Å²) in [5, 5.41) is 3.15. The fourth-order valence-electron chi connectivity index (χ4n) is 1.73. The molecule has 1 rings (SSSR count). The number of hydrogen-bond acceptors (Lipinski definition) is 3. The molecule has 0 saturated carbocycles. The van der Waals surface area contributed by atoms with Crippen LogP contribution in [0.5, 0.6) is 0 Å². The zero-order chi connectivity index (χ0) is 10.4. The minimum Gasteiger partial charge on any atom is -0.381 e. The number of hydrogen-bond donors (Lipinski definition) is 1. The van der Waals surface area contributed by atoms with Crippen LogP contribution in [0.15, 0.2) is 0 Å². The lowest BCUT2D eigenvalue weighted by Gasteiger charge is -2.29. The van der Waals surface area contributed by atoms with Gasteiger partial charge in [0.2, 0.25) is 0 Å². The van der Waals surface area contributed by atoms with Gasteiger partial charge in [-0.05, 0) is 39.7 Å². The Balaban J connectivity index is 2.17. The molecule has 0 spiro atoms. The molecule has 1 aliphatic rings. The van der Waals surface area contributed by atoms with Crippen LogP contribution in [0.1, 0.15) is 26.7 Å². The lowest BCUT2D eigenvalue weighted by Crippen LogP contribution is -2.38. The van der Waals surface area contributed by atoms with E-state index in [-0.39, 0.29) is 5.60 Å². The molecule has 0 amide bonds. The third-order valence-electron chi connectivity index (χ3n) is 2.65. The van der Waals surface area contributed by atoms with Crippen molar-refractivity contribution in [2.45, 2.75) is 32.3 Å². The molecule has 0 radical (unpaired) electrons. The molecule has 14 heavy (non-hydrogen) atoms. The Morgan fingerprint density at radius 1 is 1.36 bits per heavy atom. The molecule has 0 aliphatic carbocycles. The van der Waals surface area contributed by atoms with Gasteiger partial charge in [0.15, 0.2) is 0 Å². The summed E-state index contributed by atoms with van der Waals surface area (Å²) in [4.78, 5) is 0. The maximum Gasteiger partial charge on any atom is 0.0750 e. The summed E-state index contributed by atoms with van der Waals surface area (Å²) in [6.45, 7) is 7.83. The zero-order valence-corrected chi connectivity index (χ0v) is 9.64. The molecule has 1 heterocycles. The van der Waals surface area contributed by atoms with Crippen LogP contribution in [0, 0.1) is 5.92 Å². The smallest absolute Gasteiger partial charge is 0.0750 e. The highest BCUT2D eigenvalue weighted by atomic mass is 16.5. The average molecular weight is 201 g/mol. The lowest BCUT2D eigenvalue weighted by molar-refractivity contribution is -0.0532. The Hall–Kier alpha value is -0.120. The van der Waals surface area contributed by atoms with Gasteiger partial charge in [-0.2, -0.15) is 0 Å². The molecule has 0 bridgehead atoms. The van der Waals surface area contributed by atoms with Crippen molar-refractivity contribution in [3.8, 4) is 0 Å². The van der Waals surface area contributed by atoms with Crippen LogP contribution in [-0.2, 0) is 9.47 Å². The maximum absolute atomic E-state index is 5.89. The predicted octanol–water partition coefficient (Wildman–Crippen LogP) is 1.43. The standard InChI is InChI=1S/C11H23NO2/c1-11(2,9-12-3)14-8-10-4-6-13-7-5-10/h10,12H,4-9H2,1-3H3. The van der Waals surface area contributed by atoms with Crippen LogP contribution in [0.3, 0.4) is 0 Å². The second-order valence-corrected chi connectivity index (χ2v) is 4.66. The van der Waals surface area contributed by atoms with E-state index in [0.717, 1.165) is 39.2 Å². The topological polar surface area (TPSA) is 30.5 Å². The predicted molar refractivity (Wildman–Crippen MR) is 57.5 cm³/mol. The van der Waals surface area contributed by atoms with E-state index in [2.05, 4.69) is 19.2 Å². The van der Waals surface area contributed by atoms with E-state index < -0.39 is 0 Å². The number of likely N-dealkylation sites (N-methyl/N-ethyl adjacent to an activating group) is 1. The third kappa shape index (κ3) is 4.40. The first kappa shape index (κ1) is 12.0. The van der Waals surface area contributed by atoms with Gasteiger partial charge in [-0.15, -0.1) is 0 Å². The van der Waals surface area contributed by atoms with Gasteiger partial charge < -0.3 is 14.8 Å². The van der Waals surface area contributed by atoms with Crippen molar-refractivity contribution in [2.75, 3.05) is 33.4 Å². The van der Waals surface area contributed by atoms with Gasteiger partial charge in [0.05, 0.1) is 12.2 Å². The minimum absolute atomic E-state index is 0.0486. The molecule has 0 aromatic carbocycles. The summed E-state index contributed by atoms with van der Waals surface area (Å²) in [5.41, 5.74) is -0.0486. The Morgan fingerprint density at radius 2 is 2.00 bits per heavy atom. The molecule has 0 aromatic rings. The summed E-state index contributed by atoms with van der Waals surface area (Å²) < 4.78 is 11.2. The molecule has 0 atom stereocenters. The molecule has 84 valence electrons. The van der Waals surface area contributed by atoms with Crippen molar-refractivity contribution in [3.63, 3.8) is 0 Å². The summed E-state index contributed by atoms with van der Waals surface area (Å²) in [6, 6.07) is 0. The van der Waals surface area contributed by atoms with E-state index in [9.17, 15) is 0 Å². The van der Waals surface area contributed by atoms with Crippen LogP contribution in [0.2, 0.25) is 0 Å². The van der Waals surface area contributed by atoms with E-state index >= 15 is 0 Å². The summed E-state index contributed by atoms with van der Waals surface area (Å²) in [6.07, 6.45) is 2.30. The molecule has 1 aliphatic heterocycles. The molecule has 0 unspecified atom stereocenters. The molecule has 0 aromatic heterocycles. The lowest BCUT2D eigenvalue weighted by atomic mass is 10.0. The normalized spacial score (nSPS) is 19.9. The van der Waals surface area contributed by atoms with Gasteiger partial charge in [0.1, 0.15) is 0 Å². The van der Waals surface area contributed by atoms with Crippen molar-refractivity contribution >= 4 is 0 Å². The number of rotatable bonds is 5. The quantitative estimate of drug-likeness (QED) is 0.730. The number of nitrogens with one attached hydrogen (secondary N) is 1. The van der Waals surface area contributed by atoms with Crippen molar-refractivity contribution in [2.24, 2.45) is 5.92 Å². The van der Waals surface area contributed by atoms with Crippen LogP contribution in [0.25, 0.3) is 0 Å². The van der Waals surface area contributed by atoms with E-state index in [1.54, 1.807) is 0 Å². The van der Waals surface area contributed by atoms with Gasteiger partial charge >= 0.3 is 0 Å². The fourth-order valence-corrected chi connectivity index (χ4v) is 1.73. The second kappa shape index (κ2) is 5.69. The zero-order valence-electron chi connectivity index (χ0n) is 9.64. The van der Waals surface area contributed by atoms with Gasteiger partial charge in [-0.1, -0.05) is 0 Å². The minimum atomic E-state index is -0.0486. The van der Waals surface area contributed by atoms with Crippen LogP contribution in [0.4, 0.5) is 0 Å². The molecule has 1 fully saturated rings. The van der Waals surface area contributed by atoms with Crippen LogP contribution >= 0.6 is 0 Å². The molecule has 3 nitrogen and oxygen atoms in total. The van der Waals surface area contributed by atoms with Gasteiger partial charge in [-0.3, -0.25) is 0 Å². The SMILES string of the molecule is CNCC(C)(C)OCC1CCOCC1. The Kier molecular flexibility index (Phi) is 4.85. The first-order valence-electron chi connectivity index (χ1n) is 5.50. The summed E-state index contributed by atoms with van der Waals surface area (Å²) in [5.74, 6) is 0.694. The highest BCUT2D eigenvalue weighted by molar-refractivity contribution is 4.72. The summed E-state index contributed by atoms with van der Waals surface area (Å²) in [7, 11) is 1.96. The Labute approximate surface area is 87.2 Å². The van der Waals surface area contributed by atoms with E-state index in [1.165, 1.54) is 0 Å². The van der Waals surface area contributed by atoms with Crippen molar-refractivity contribution in [1.29, 1.82) is 0 Å². The van der Waals surface area contributed by atoms with Gasteiger partial charge in [0.25, 0.3) is 0 Å². The third-order valence-corrected chi connectivity index (χ3v) is 2.65. The monoisotopic (exact) mass is 201 g/mol. The van der Waals surface area contributed by atoms with Crippen LogP contribution in [-0.4, -0.2) is 39.0 Å². The van der Waals surface area contributed by atoms with Crippen molar-refractivity contribution in [3.05, 3.63) is 0 Å². The van der Waals surface area contributed by atoms with Crippen molar-refractivity contribution < 1.29 is 9.47 Å². The van der Waals surface area contributed by atoms with Crippen LogP contribution < -0.4 is 5.32 Å². The Morgan fingerprint density at radius 3 is 2.57 bits per heavy atom. The Bertz CT molecular complexity index is 153. The van der Waals surface area contributed by atoms with Gasteiger partial charge in [0, 0.05) is 19.8 Å². The largest absolute Gasteiger partial charge is 0.381 e. The highest BCUT2D eigenvalue weighted by Crippen LogP contribution is 2.18. The molecule has 3 heteroatoms. The van der Waals surface area contributed by atoms with E-state index in [4.69, 9.17) is 9.47 Å². The van der Waals surface area contributed by atoms with Gasteiger partial charge in [-0.25, -0.2) is 0 Å². The average Bonchev–Trinajstić information content (AvgIpc) is 2.17. The highest BCUT2D eigenvalue weighted by Gasteiger charge is 2.21. The van der Waals surface area contributed by atoms with E-state index in [1.807, 2.05) is 7.05 Å². The summed E-state index contributed by atoms with van der Waals surface area (Å²) >= 11 is 0. The molecule has 1 saturated heterocycles. The molecule has 1 N–H and O–H groups in total. The fraction of sp³-hybridized carbons (Fsp3) is 1.00. The first-order chi connectivity index (χ1) is 6.64.